The lowest BCUT2D eigenvalue weighted by Gasteiger charge is -2.16. The smallest absolute Gasteiger partial charge is 0.329 e. The van der Waals surface area contributed by atoms with E-state index < -0.39 is 24.0 Å². The standard InChI is InChI=1S/C14H15BrN2O4/c1-8(21-14(20)11-5-6-12(18)17-11)13(19)16-10-4-2-3-9(15)7-10/h2-4,7-8,11H,5-6H2,1H3,(H,16,19)(H,17,18)/t8-,11-/m0/s1. The van der Waals surface area contributed by atoms with Crippen LogP contribution in [0.2, 0.25) is 0 Å². The zero-order chi connectivity index (χ0) is 15.4. The molecule has 2 amide bonds. The summed E-state index contributed by atoms with van der Waals surface area (Å²) in [5.74, 6) is -1.19. The number of esters is 1. The number of halogens is 1. The minimum atomic E-state index is -0.936. The molecule has 112 valence electrons. The van der Waals surface area contributed by atoms with Crippen molar-refractivity contribution in [3.8, 4) is 0 Å². The van der Waals surface area contributed by atoms with E-state index in [1.54, 1.807) is 18.2 Å². The maximum Gasteiger partial charge on any atom is 0.329 e. The van der Waals surface area contributed by atoms with E-state index in [0.717, 1.165) is 4.47 Å². The first-order valence-corrected chi connectivity index (χ1v) is 7.31. The summed E-state index contributed by atoms with van der Waals surface area (Å²) in [6.07, 6.45) is -0.232. The number of hydrogen-bond acceptors (Lipinski definition) is 4. The Morgan fingerprint density at radius 2 is 2.24 bits per heavy atom. The molecular formula is C14H15BrN2O4. The van der Waals surface area contributed by atoms with Gasteiger partial charge in [-0.15, -0.1) is 0 Å². The van der Waals surface area contributed by atoms with Crippen molar-refractivity contribution in [2.45, 2.75) is 31.9 Å². The summed E-state index contributed by atoms with van der Waals surface area (Å²) >= 11 is 3.30. The van der Waals surface area contributed by atoms with Gasteiger partial charge in [-0.2, -0.15) is 0 Å². The number of hydrogen-bond donors (Lipinski definition) is 2. The largest absolute Gasteiger partial charge is 0.451 e. The highest BCUT2D eigenvalue weighted by atomic mass is 79.9. The van der Waals surface area contributed by atoms with E-state index in [0.29, 0.717) is 18.5 Å². The number of rotatable bonds is 4. The molecule has 1 aliphatic heterocycles. The quantitative estimate of drug-likeness (QED) is 0.804. The molecule has 2 atom stereocenters. The van der Waals surface area contributed by atoms with Crippen LogP contribution in [0.25, 0.3) is 0 Å². The molecule has 0 unspecified atom stereocenters. The van der Waals surface area contributed by atoms with E-state index in [2.05, 4.69) is 26.6 Å². The molecule has 1 fully saturated rings. The molecule has 0 spiro atoms. The molecule has 1 aromatic carbocycles. The van der Waals surface area contributed by atoms with Crippen LogP contribution in [0.5, 0.6) is 0 Å². The highest BCUT2D eigenvalue weighted by Gasteiger charge is 2.30. The van der Waals surface area contributed by atoms with Gasteiger partial charge in [0.1, 0.15) is 6.04 Å². The number of ether oxygens (including phenoxy) is 1. The van der Waals surface area contributed by atoms with Gasteiger partial charge in [0, 0.05) is 16.6 Å². The van der Waals surface area contributed by atoms with E-state index >= 15 is 0 Å². The Bertz CT molecular complexity index is 576. The van der Waals surface area contributed by atoms with E-state index in [9.17, 15) is 14.4 Å². The average Bonchev–Trinajstić information content (AvgIpc) is 2.85. The SMILES string of the molecule is C[C@H](OC(=O)[C@@H]1CCC(=O)N1)C(=O)Nc1cccc(Br)c1. The summed E-state index contributed by atoms with van der Waals surface area (Å²) in [7, 11) is 0. The third-order valence-electron chi connectivity index (χ3n) is 3.03. The molecule has 1 heterocycles. The first-order valence-electron chi connectivity index (χ1n) is 6.52. The normalized spacial score (nSPS) is 18.8. The van der Waals surface area contributed by atoms with E-state index in [1.807, 2.05) is 6.07 Å². The van der Waals surface area contributed by atoms with Crippen LogP contribution in [0.1, 0.15) is 19.8 Å². The number of amides is 2. The second-order valence-corrected chi connectivity index (χ2v) is 5.65. The van der Waals surface area contributed by atoms with Crippen LogP contribution in [0, 0.1) is 0 Å². The van der Waals surface area contributed by atoms with Crippen LogP contribution in [0.4, 0.5) is 5.69 Å². The monoisotopic (exact) mass is 354 g/mol. The molecule has 2 rings (SSSR count). The summed E-state index contributed by atoms with van der Waals surface area (Å²) in [5, 5.41) is 5.16. The molecule has 6 nitrogen and oxygen atoms in total. The maximum atomic E-state index is 11.9. The zero-order valence-corrected chi connectivity index (χ0v) is 13.0. The van der Waals surface area contributed by atoms with Gasteiger partial charge in [0.15, 0.2) is 6.10 Å². The highest BCUT2D eigenvalue weighted by Crippen LogP contribution is 2.16. The van der Waals surface area contributed by atoms with Gasteiger partial charge >= 0.3 is 5.97 Å². The first kappa shape index (κ1) is 15.5. The second-order valence-electron chi connectivity index (χ2n) is 4.74. The third-order valence-corrected chi connectivity index (χ3v) is 3.53. The van der Waals surface area contributed by atoms with Crippen LogP contribution in [0.15, 0.2) is 28.7 Å². The summed E-state index contributed by atoms with van der Waals surface area (Å²) in [5.41, 5.74) is 0.603. The number of carbonyl (C=O) groups excluding carboxylic acids is 3. The Morgan fingerprint density at radius 1 is 1.48 bits per heavy atom. The van der Waals surface area contributed by atoms with Crippen molar-refractivity contribution in [1.82, 2.24) is 5.32 Å². The van der Waals surface area contributed by atoms with Crippen LogP contribution >= 0.6 is 15.9 Å². The molecule has 1 aromatic rings. The van der Waals surface area contributed by atoms with Gasteiger partial charge < -0.3 is 15.4 Å². The van der Waals surface area contributed by atoms with Gasteiger partial charge in [-0.3, -0.25) is 9.59 Å². The molecule has 0 bridgehead atoms. The highest BCUT2D eigenvalue weighted by molar-refractivity contribution is 9.10. The van der Waals surface area contributed by atoms with Crippen LogP contribution < -0.4 is 10.6 Å². The van der Waals surface area contributed by atoms with E-state index in [4.69, 9.17) is 4.74 Å². The molecule has 21 heavy (non-hydrogen) atoms. The van der Waals surface area contributed by atoms with Crippen LogP contribution in [-0.4, -0.2) is 29.9 Å². The molecule has 0 aromatic heterocycles. The Kier molecular flexibility index (Phi) is 4.95. The van der Waals surface area contributed by atoms with Crippen molar-refractivity contribution in [3.63, 3.8) is 0 Å². The zero-order valence-electron chi connectivity index (χ0n) is 11.4. The lowest BCUT2D eigenvalue weighted by atomic mass is 10.2. The van der Waals surface area contributed by atoms with Gasteiger partial charge in [-0.1, -0.05) is 22.0 Å². The summed E-state index contributed by atoms with van der Waals surface area (Å²) in [6.45, 7) is 1.49. The third kappa shape index (κ3) is 4.29. The predicted octanol–water partition coefficient (Wildman–Crippen LogP) is 1.60. The summed E-state index contributed by atoms with van der Waals surface area (Å²) < 4.78 is 5.90. The second kappa shape index (κ2) is 6.71. The Labute approximate surface area is 130 Å². The van der Waals surface area contributed by atoms with Crippen molar-refractivity contribution >= 4 is 39.4 Å². The van der Waals surface area contributed by atoms with Crippen molar-refractivity contribution < 1.29 is 19.1 Å². The Hall–Kier alpha value is -1.89. The minimum absolute atomic E-state index is 0.178. The van der Waals surface area contributed by atoms with Crippen LogP contribution in [-0.2, 0) is 19.1 Å². The van der Waals surface area contributed by atoms with Gasteiger partial charge in [0.05, 0.1) is 0 Å². The fourth-order valence-corrected chi connectivity index (χ4v) is 2.31. The maximum absolute atomic E-state index is 11.9. The molecule has 7 heteroatoms. The fraction of sp³-hybridized carbons (Fsp3) is 0.357. The topological polar surface area (TPSA) is 84.5 Å². The number of nitrogens with one attached hydrogen (secondary N) is 2. The number of anilines is 1. The molecule has 1 aliphatic rings. The fourth-order valence-electron chi connectivity index (χ4n) is 1.91. The molecule has 2 N–H and O–H groups in total. The van der Waals surface area contributed by atoms with Crippen molar-refractivity contribution in [3.05, 3.63) is 28.7 Å². The minimum Gasteiger partial charge on any atom is -0.451 e. The molecule has 0 radical (unpaired) electrons. The molecular weight excluding hydrogens is 340 g/mol. The summed E-state index contributed by atoms with van der Waals surface area (Å²) in [4.78, 5) is 34.8. The lowest BCUT2D eigenvalue weighted by molar-refractivity contribution is -0.155. The number of benzene rings is 1. The Morgan fingerprint density at radius 3 is 2.86 bits per heavy atom. The van der Waals surface area contributed by atoms with Gasteiger partial charge in [0.25, 0.3) is 5.91 Å². The van der Waals surface area contributed by atoms with Gasteiger partial charge in [-0.25, -0.2) is 4.79 Å². The summed E-state index contributed by atoms with van der Waals surface area (Å²) in [6, 6.07) is 6.43. The van der Waals surface area contributed by atoms with Crippen molar-refractivity contribution in [2.75, 3.05) is 5.32 Å². The molecule has 0 aliphatic carbocycles. The van der Waals surface area contributed by atoms with E-state index in [1.165, 1.54) is 6.92 Å². The first-order chi connectivity index (χ1) is 9.95. The molecule has 0 saturated carbocycles. The van der Waals surface area contributed by atoms with Crippen LogP contribution in [0.3, 0.4) is 0 Å². The van der Waals surface area contributed by atoms with Crippen molar-refractivity contribution in [2.24, 2.45) is 0 Å². The van der Waals surface area contributed by atoms with Gasteiger partial charge in [-0.05, 0) is 31.5 Å². The Balaban J connectivity index is 1.87. The van der Waals surface area contributed by atoms with Crippen molar-refractivity contribution in [1.29, 1.82) is 0 Å². The average molecular weight is 355 g/mol. The number of carbonyl (C=O) groups is 3. The lowest BCUT2D eigenvalue weighted by Crippen LogP contribution is -2.39. The van der Waals surface area contributed by atoms with Gasteiger partial charge in [0.2, 0.25) is 5.91 Å². The molecule has 1 saturated heterocycles. The van der Waals surface area contributed by atoms with E-state index in [-0.39, 0.29) is 5.91 Å². The predicted molar refractivity (Wildman–Crippen MR) is 79.5 cm³/mol.